The summed E-state index contributed by atoms with van der Waals surface area (Å²) < 4.78 is 0. The standard InChI is InChI=1S/C15H21N5/c1-2-8-16-13(3-1)5-10-20-11-6-14(7-12-20)18-15-4-9-17-19-15/h1-4,8-9,14H,5-7,10-12H2,(H2,17,18,19). The van der Waals surface area contributed by atoms with Gasteiger partial charge in [0.25, 0.3) is 0 Å². The zero-order valence-electron chi connectivity index (χ0n) is 11.6. The molecule has 0 bridgehead atoms. The summed E-state index contributed by atoms with van der Waals surface area (Å²) >= 11 is 0. The first-order valence-corrected chi connectivity index (χ1v) is 7.29. The Bertz CT molecular complexity index is 488. The van der Waals surface area contributed by atoms with Crippen LogP contribution in [0.5, 0.6) is 0 Å². The summed E-state index contributed by atoms with van der Waals surface area (Å²) in [7, 11) is 0. The number of hydrogen-bond donors (Lipinski definition) is 2. The molecule has 1 fully saturated rings. The predicted octanol–water partition coefficient (Wildman–Crippen LogP) is 1.92. The van der Waals surface area contributed by atoms with Gasteiger partial charge in [-0.1, -0.05) is 6.07 Å². The maximum atomic E-state index is 4.38. The third-order valence-electron chi connectivity index (χ3n) is 3.85. The van der Waals surface area contributed by atoms with Crippen LogP contribution in [0.25, 0.3) is 0 Å². The van der Waals surface area contributed by atoms with E-state index in [1.165, 1.54) is 18.5 Å². The van der Waals surface area contributed by atoms with Crippen molar-refractivity contribution in [3.05, 3.63) is 42.4 Å². The zero-order valence-corrected chi connectivity index (χ0v) is 11.6. The van der Waals surface area contributed by atoms with Gasteiger partial charge in [0, 0.05) is 50.2 Å². The van der Waals surface area contributed by atoms with Crippen molar-refractivity contribution in [1.29, 1.82) is 0 Å². The molecule has 1 aliphatic rings. The Morgan fingerprint density at radius 1 is 1.25 bits per heavy atom. The van der Waals surface area contributed by atoms with E-state index in [9.17, 15) is 0 Å². The minimum atomic E-state index is 0.546. The van der Waals surface area contributed by atoms with Gasteiger partial charge in [0.1, 0.15) is 5.82 Å². The van der Waals surface area contributed by atoms with E-state index >= 15 is 0 Å². The highest BCUT2D eigenvalue weighted by atomic mass is 15.2. The maximum absolute atomic E-state index is 4.38. The molecule has 0 unspecified atom stereocenters. The Balaban J connectivity index is 1.40. The molecule has 1 aliphatic heterocycles. The van der Waals surface area contributed by atoms with Crippen LogP contribution in [-0.2, 0) is 6.42 Å². The van der Waals surface area contributed by atoms with Crippen LogP contribution in [0.1, 0.15) is 18.5 Å². The molecule has 2 aromatic heterocycles. The normalized spacial score (nSPS) is 17.2. The molecule has 0 amide bonds. The fourth-order valence-corrected chi connectivity index (χ4v) is 2.67. The molecule has 0 aliphatic carbocycles. The Kier molecular flexibility index (Phi) is 4.28. The number of H-pyrrole nitrogens is 1. The third kappa shape index (κ3) is 3.57. The van der Waals surface area contributed by atoms with Gasteiger partial charge in [-0.05, 0) is 31.0 Å². The van der Waals surface area contributed by atoms with Crippen LogP contribution in [0, 0.1) is 0 Å². The van der Waals surface area contributed by atoms with E-state index in [4.69, 9.17) is 0 Å². The Morgan fingerprint density at radius 2 is 2.15 bits per heavy atom. The number of pyridine rings is 1. The number of hydrogen-bond acceptors (Lipinski definition) is 4. The van der Waals surface area contributed by atoms with Gasteiger partial charge >= 0.3 is 0 Å². The number of nitrogens with zero attached hydrogens (tertiary/aromatic N) is 3. The van der Waals surface area contributed by atoms with E-state index < -0.39 is 0 Å². The summed E-state index contributed by atoms with van der Waals surface area (Å²) in [5, 5.41) is 10.5. The lowest BCUT2D eigenvalue weighted by atomic mass is 10.0. The molecular formula is C15H21N5. The lowest BCUT2D eigenvalue weighted by Crippen LogP contribution is -2.40. The van der Waals surface area contributed by atoms with Crippen LogP contribution in [0.15, 0.2) is 36.7 Å². The average molecular weight is 271 g/mol. The topological polar surface area (TPSA) is 56.8 Å². The van der Waals surface area contributed by atoms with Crippen LogP contribution in [0.2, 0.25) is 0 Å². The molecule has 0 radical (unpaired) electrons. The van der Waals surface area contributed by atoms with Gasteiger partial charge in [0.2, 0.25) is 0 Å². The van der Waals surface area contributed by atoms with Gasteiger partial charge in [-0.15, -0.1) is 0 Å². The molecule has 0 saturated carbocycles. The highest BCUT2D eigenvalue weighted by molar-refractivity contribution is 5.33. The predicted molar refractivity (Wildman–Crippen MR) is 79.6 cm³/mol. The first-order chi connectivity index (χ1) is 9.90. The maximum Gasteiger partial charge on any atom is 0.147 e. The van der Waals surface area contributed by atoms with E-state index in [1.54, 1.807) is 0 Å². The molecule has 1 saturated heterocycles. The van der Waals surface area contributed by atoms with Crippen molar-refractivity contribution in [3.63, 3.8) is 0 Å². The third-order valence-corrected chi connectivity index (χ3v) is 3.85. The molecule has 3 rings (SSSR count). The molecule has 5 nitrogen and oxygen atoms in total. The van der Waals surface area contributed by atoms with Gasteiger partial charge in [-0.3, -0.25) is 10.1 Å². The minimum absolute atomic E-state index is 0.546. The van der Waals surface area contributed by atoms with Gasteiger partial charge < -0.3 is 10.2 Å². The first-order valence-electron chi connectivity index (χ1n) is 7.29. The highest BCUT2D eigenvalue weighted by Gasteiger charge is 2.19. The number of rotatable bonds is 5. The summed E-state index contributed by atoms with van der Waals surface area (Å²) in [6.07, 6.45) is 7.11. The van der Waals surface area contributed by atoms with E-state index in [-0.39, 0.29) is 0 Å². The van der Waals surface area contributed by atoms with E-state index in [2.05, 4.69) is 37.5 Å². The molecule has 2 N–H and O–H groups in total. The summed E-state index contributed by atoms with van der Waals surface area (Å²) in [6.45, 7) is 3.40. The lowest BCUT2D eigenvalue weighted by molar-refractivity contribution is 0.221. The Hall–Kier alpha value is -1.88. The van der Waals surface area contributed by atoms with Crippen molar-refractivity contribution in [2.75, 3.05) is 25.0 Å². The molecule has 20 heavy (non-hydrogen) atoms. The highest BCUT2D eigenvalue weighted by Crippen LogP contribution is 2.15. The van der Waals surface area contributed by atoms with Crippen molar-refractivity contribution in [2.45, 2.75) is 25.3 Å². The monoisotopic (exact) mass is 271 g/mol. The van der Waals surface area contributed by atoms with E-state index in [1.807, 2.05) is 24.5 Å². The molecule has 2 aromatic rings. The zero-order chi connectivity index (χ0) is 13.6. The molecule has 0 spiro atoms. The molecule has 0 aromatic carbocycles. The van der Waals surface area contributed by atoms with Crippen LogP contribution in [-0.4, -0.2) is 45.8 Å². The van der Waals surface area contributed by atoms with Gasteiger partial charge in [-0.2, -0.15) is 5.10 Å². The molecule has 106 valence electrons. The second-order valence-electron chi connectivity index (χ2n) is 5.29. The second-order valence-corrected chi connectivity index (χ2v) is 5.29. The Morgan fingerprint density at radius 3 is 2.85 bits per heavy atom. The number of likely N-dealkylation sites (tertiary alicyclic amines) is 1. The molecule has 5 heteroatoms. The summed E-state index contributed by atoms with van der Waals surface area (Å²) in [6, 6.07) is 8.65. The number of anilines is 1. The SMILES string of the molecule is c1ccc(CCN2CCC(Nc3cc[nH]n3)CC2)nc1. The Labute approximate surface area is 119 Å². The molecule has 3 heterocycles. The molecule has 0 atom stereocenters. The van der Waals surface area contributed by atoms with Crippen molar-refractivity contribution in [2.24, 2.45) is 0 Å². The van der Waals surface area contributed by atoms with Gasteiger partial charge in [0.05, 0.1) is 0 Å². The summed E-state index contributed by atoms with van der Waals surface area (Å²) in [5.41, 5.74) is 1.18. The van der Waals surface area contributed by atoms with E-state index in [0.717, 1.165) is 31.9 Å². The lowest BCUT2D eigenvalue weighted by Gasteiger charge is -2.32. The summed E-state index contributed by atoms with van der Waals surface area (Å²) in [4.78, 5) is 6.90. The van der Waals surface area contributed by atoms with Gasteiger partial charge in [-0.25, -0.2) is 0 Å². The average Bonchev–Trinajstić information content (AvgIpc) is 3.01. The number of nitrogens with one attached hydrogen (secondary N) is 2. The number of aromatic amines is 1. The smallest absolute Gasteiger partial charge is 0.147 e. The minimum Gasteiger partial charge on any atom is -0.366 e. The largest absolute Gasteiger partial charge is 0.366 e. The van der Waals surface area contributed by atoms with Crippen LogP contribution in [0.4, 0.5) is 5.82 Å². The van der Waals surface area contributed by atoms with Crippen molar-refractivity contribution < 1.29 is 0 Å². The quantitative estimate of drug-likeness (QED) is 0.872. The van der Waals surface area contributed by atoms with Crippen molar-refractivity contribution in [3.8, 4) is 0 Å². The van der Waals surface area contributed by atoms with Crippen LogP contribution >= 0.6 is 0 Å². The van der Waals surface area contributed by atoms with Crippen molar-refractivity contribution >= 4 is 5.82 Å². The van der Waals surface area contributed by atoms with E-state index in [0.29, 0.717) is 6.04 Å². The first kappa shape index (κ1) is 13.1. The van der Waals surface area contributed by atoms with Crippen LogP contribution < -0.4 is 5.32 Å². The van der Waals surface area contributed by atoms with Gasteiger partial charge in [0.15, 0.2) is 0 Å². The molecular weight excluding hydrogens is 250 g/mol. The number of piperidine rings is 1. The fraction of sp³-hybridized carbons (Fsp3) is 0.467. The fourth-order valence-electron chi connectivity index (χ4n) is 2.67. The van der Waals surface area contributed by atoms with Crippen molar-refractivity contribution in [1.82, 2.24) is 20.1 Å². The van der Waals surface area contributed by atoms with Crippen LogP contribution in [0.3, 0.4) is 0 Å². The number of aromatic nitrogens is 3. The summed E-state index contributed by atoms with van der Waals surface area (Å²) in [5.74, 6) is 0.955. The second kappa shape index (κ2) is 6.52.